The van der Waals surface area contributed by atoms with Gasteiger partial charge >= 0.3 is 0 Å². The summed E-state index contributed by atoms with van der Waals surface area (Å²) in [5.41, 5.74) is 2.35. The van der Waals surface area contributed by atoms with Crippen LogP contribution in [0.15, 0.2) is 58.4 Å². The van der Waals surface area contributed by atoms with Crippen molar-refractivity contribution in [3.05, 3.63) is 59.7 Å². The van der Waals surface area contributed by atoms with Crippen LogP contribution in [0.3, 0.4) is 0 Å². The Bertz CT molecular complexity index is 906. The summed E-state index contributed by atoms with van der Waals surface area (Å²) >= 11 is 0. The van der Waals surface area contributed by atoms with Crippen molar-refractivity contribution in [2.45, 2.75) is 38.0 Å². The number of benzene rings is 2. The van der Waals surface area contributed by atoms with Gasteiger partial charge in [-0.3, -0.25) is 4.99 Å². The maximum Gasteiger partial charge on any atom is 0.191 e. The van der Waals surface area contributed by atoms with Crippen LogP contribution in [-0.2, 0) is 16.3 Å². The van der Waals surface area contributed by atoms with Gasteiger partial charge in [0.05, 0.1) is 11.4 Å². The van der Waals surface area contributed by atoms with Crippen molar-refractivity contribution < 1.29 is 13.2 Å². The monoisotopic (exact) mass is 431 g/mol. The molecule has 0 aromatic heterocycles. The molecule has 0 atom stereocenters. The number of nitrogens with one attached hydrogen (secondary N) is 2. The molecule has 0 aliphatic heterocycles. The maximum absolute atomic E-state index is 11.5. The lowest BCUT2D eigenvalue weighted by Gasteiger charge is -2.13. The quantitative estimate of drug-likeness (QED) is 0.342. The Kier molecular flexibility index (Phi) is 9.17. The van der Waals surface area contributed by atoms with E-state index < -0.39 is 9.84 Å². The second-order valence-corrected chi connectivity index (χ2v) is 9.44. The van der Waals surface area contributed by atoms with Crippen LogP contribution in [0.5, 0.6) is 5.75 Å². The predicted molar refractivity (Wildman–Crippen MR) is 123 cm³/mol. The lowest BCUT2D eigenvalue weighted by atomic mass is 10.0. The third-order valence-electron chi connectivity index (χ3n) is 4.58. The fourth-order valence-electron chi connectivity index (χ4n) is 2.83. The molecule has 0 radical (unpaired) electrons. The summed E-state index contributed by atoms with van der Waals surface area (Å²) in [4.78, 5) is 4.91. The van der Waals surface area contributed by atoms with Gasteiger partial charge in [-0.1, -0.05) is 38.1 Å². The number of hydrogen-bond acceptors (Lipinski definition) is 4. The van der Waals surface area contributed by atoms with E-state index in [2.05, 4.69) is 41.6 Å². The van der Waals surface area contributed by atoms with Crippen LogP contribution in [0.2, 0.25) is 0 Å². The largest absolute Gasteiger partial charge is 0.492 e. The molecule has 2 aromatic carbocycles. The Morgan fingerprint density at radius 2 is 1.70 bits per heavy atom. The van der Waals surface area contributed by atoms with E-state index in [0.29, 0.717) is 30.5 Å². The molecule has 2 rings (SSSR count). The zero-order valence-electron chi connectivity index (χ0n) is 18.3. The topological polar surface area (TPSA) is 79.8 Å². The number of guanidine groups is 1. The third kappa shape index (κ3) is 8.06. The molecule has 164 valence electrons. The highest BCUT2D eigenvalue weighted by molar-refractivity contribution is 7.90. The van der Waals surface area contributed by atoms with Crippen LogP contribution >= 0.6 is 0 Å². The number of ether oxygens (including phenoxy) is 1. The molecule has 2 aromatic rings. The molecule has 0 unspecified atom stereocenters. The number of hydrogen-bond donors (Lipinski definition) is 2. The molecule has 7 heteroatoms. The van der Waals surface area contributed by atoms with Crippen molar-refractivity contribution in [1.82, 2.24) is 10.6 Å². The summed E-state index contributed by atoms with van der Waals surface area (Å²) in [6.07, 6.45) is 1.95. The minimum atomic E-state index is -3.16. The first kappa shape index (κ1) is 23.7. The van der Waals surface area contributed by atoms with Gasteiger partial charge in [0.2, 0.25) is 0 Å². The lowest BCUT2D eigenvalue weighted by molar-refractivity contribution is 0.322. The Morgan fingerprint density at radius 1 is 1.03 bits per heavy atom. The van der Waals surface area contributed by atoms with E-state index >= 15 is 0 Å². The summed E-state index contributed by atoms with van der Waals surface area (Å²) in [6, 6.07) is 15.2. The molecule has 2 N–H and O–H groups in total. The van der Waals surface area contributed by atoms with Crippen LogP contribution in [0, 0.1) is 0 Å². The summed E-state index contributed by atoms with van der Waals surface area (Å²) < 4.78 is 28.8. The highest BCUT2D eigenvalue weighted by Gasteiger charge is 2.06. The fourth-order valence-corrected chi connectivity index (χ4v) is 3.46. The summed E-state index contributed by atoms with van der Waals surface area (Å²) in [6.45, 7) is 8.92. The van der Waals surface area contributed by atoms with E-state index in [-0.39, 0.29) is 0 Å². The molecular formula is C23H33N3O3S. The highest BCUT2D eigenvalue weighted by Crippen LogP contribution is 2.18. The van der Waals surface area contributed by atoms with Gasteiger partial charge in [-0.2, -0.15) is 0 Å². The minimum Gasteiger partial charge on any atom is -0.492 e. The number of rotatable bonds is 10. The van der Waals surface area contributed by atoms with Gasteiger partial charge < -0.3 is 15.4 Å². The fraction of sp³-hybridized carbons (Fsp3) is 0.435. The van der Waals surface area contributed by atoms with Crippen molar-refractivity contribution in [3.63, 3.8) is 0 Å². The van der Waals surface area contributed by atoms with Crippen LogP contribution in [0.25, 0.3) is 0 Å². The van der Waals surface area contributed by atoms with E-state index in [1.54, 1.807) is 12.1 Å². The summed E-state index contributed by atoms with van der Waals surface area (Å²) in [5, 5.41) is 6.49. The van der Waals surface area contributed by atoms with E-state index in [0.717, 1.165) is 30.2 Å². The van der Waals surface area contributed by atoms with Crippen molar-refractivity contribution in [2.75, 3.05) is 32.5 Å². The number of sulfone groups is 1. The van der Waals surface area contributed by atoms with Crippen molar-refractivity contribution in [2.24, 2.45) is 4.99 Å². The van der Waals surface area contributed by atoms with Gasteiger partial charge in [-0.05, 0) is 54.7 Å². The molecule has 30 heavy (non-hydrogen) atoms. The number of nitrogens with zero attached hydrogens (tertiary/aromatic N) is 1. The van der Waals surface area contributed by atoms with E-state index in [9.17, 15) is 8.42 Å². The molecule has 0 saturated heterocycles. The maximum atomic E-state index is 11.5. The molecule has 0 saturated carbocycles. The molecular weight excluding hydrogens is 398 g/mol. The Balaban J connectivity index is 1.78. The van der Waals surface area contributed by atoms with E-state index in [1.165, 1.54) is 11.8 Å². The van der Waals surface area contributed by atoms with Crippen LogP contribution < -0.4 is 15.4 Å². The Hall–Kier alpha value is -2.54. The van der Waals surface area contributed by atoms with E-state index in [1.807, 2.05) is 31.2 Å². The zero-order chi connectivity index (χ0) is 22.0. The summed E-state index contributed by atoms with van der Waals surface area (Å²) in [5.74, 6) is 2.11. The average Bonchev–Trinajstić information content (AvgIpc) is 2.71. The SMILES string of the molecule is CCNC(=NCCc1ccc(S(C)(=O)=O)cc1)NCCOc1ccc(C(C)C)cc1. The smallest absolute Gasteiger partial charge is 0.191 e. The van der Waals surface area contributed by atoms with Crippen LogP contribution in [-0.4, -0.2) is 46.9 Å². The van der Waals surface area contributed by atoms with Gasteiger partial charge in [0, 0.05) is 19.3 Å². The second-order valence-electron chi connectivity index (χ2n) is 7.43. The van der Waals surface area contributed by atoms with Crippen molar-refractivity contribution >= 4 is 15.8 Å². The van der Waals surface area contributed by atoms with Crippen LogP contribution in [0.1, 0.15) is 37.8 Å². The normalized spacial score (nSPS) is 12.1. The average molecular weight is 432 g/mol. The molecule has 0 spiro atoms. The Labute approximate surface area is 180 Å². The minimum absolute atomic E-state index is 0.337. The lowest BCUT2D eigenvalue weighted by Crippen LogP contribution is -2.39. The first-order valence-corrected chi connectivity index (χ1v) is 12.2. The molecule has 0 heterocycles. The van der Waals surface area contributed by atoms with E-state index in [4.69, 9.17) is 4.74 Å². The van der Waals surface area contributed by atoms with Gasteiger partial charge in [0.15, 0.2) is 15.8 Å². The van der Waals surface area contributed by atoms with Crippen LogP contribution in [0.4, 0.5) is 0 Å². The molecule has 0 amide bonds. The zero-order valence-corrected chi connectivity index (χ0v) is 19.1. The molecule has 0 bridgehead atoms. The first-order valence-electron chi connectivity index (χ1n) is 10.3. The standard InChI is InChI=1S/C23H33N3O3S/c1-5-24-23(25-15-14-19-6-12-22(13-7-19)30(4,27)28)26-16-17-29-21-10-8-20(9-11-21)18(2)3/h6-13,18H,5,14-17H2,1-4H3,(H2,24,25,26). The molecule has 0 fully saturated rings. The number of aliphatic imine (C=N–C) groups is 1. The summed E-state index contributed by atoms with van der Waals surface area (Å²) in [7, 11) is -3.16. The van der Waals surface area contributed by atoms with Gasteiger partial charge in [0.1, 0.15) is 12.4 Å². The molecule has 0 aliphatic carbocycles. The van der Waals surface area contributed by atoms with Gasteiger partial charge in [0.25, 0.3) is 0 Å². The van der Waals surface area contributed by atoms with Crippen molar-refractivity contribution in [1.29, 1.82) is 0 Å². The Morgan fingerprint density at radius 3 is 2.27 bits per heavy atom. The first-order chi connectivity index (χ1) is 14.3. The van der Waals surface area contributed by atoms with Gasteiger partial charge in [-0.25, -0.2) is 8.42 Å². The highest BCUT2D eigenvalue weighted by atomic mass is 32.2. The molecule has 6 nitrogen and oxygen atoms in total. The van der Waals surface area contributed by atoms with Gasteiger partial charge in [-0.15, -0.1) is 0 Å². The third-order valence-corrected chi connectivity index (χ3v) is 5.70. The van der Waals surface area contributed by atoms with Crippen molar-refractivity contribution in [3.8, 4) is 5.75 Å². The second kappa shape index (κ2) is 11.6. The molecule has 0 aliphatic rings. The predicted octanol–water partition coefficient (Wildman–Crippen LogP) is 3.39.